The van der Waals surface area contributed by atoms with Crippen LogP contribution in [-0.4, -0.2) is 28.0 Å². The molecule has 0 bridgehead atoms. The van der Waals surface area contributed by atoms with Crippen molar-refractivity contribution in [2.45, 2.75) is 12.8 Å². The molecule has 1 aromatic rings. The summed E-state index contributed by atoms with van der Waals surface area (Å²) in [6.07, 6.45) is -0.0169. The van der Waals surface area contributed by atoms with Crippen LogP contribution in [0.1, 0.15) is 23.2 Å². The highest BCUT2D eigenvalue weighted by molar-refractivity contribution is 6.03. The molecule has 1 heterocycles. The summed E-state index contributed by atoms with van der Waals surface area (Å²) in [5.74, 6) is -2.70. The minimum absolute atomic E-state index is 0.00847. The summed E-state index contributed by atoms with van der Waals surface area (Å²) in [6, 6.07) is 3.58. The third-order valence-corrected chi connectivity index (χ3v) is 2.53. The quantitative estimate of drug-likeness (QED) is 0.554. The van der Waals surface area contributed by atoms with Gasteiger partial charge >= 0.3 is 5.97 Å². The fraction of sp³-hybridized carbons (Fsp3) is 0.182. The molecule has 1 aliphatic rings. The van der Waals surface area contributed by atoms with E-state index in [-0.39, 0.29) is 24.1 Å². The Morgan fingerprint density at radius 1 is 1.32 bits per heavy atom. The number of phenols is 1. The predicted octanol–water partition coefficient (Wildman–Crippen LogP) is -0.653. The molecule has 0 spiro atoms. The summed E-state index contributed by atoms with van der Waals surface area (Å²) in [5, 5.41) is 11.7. The Hall–Kier alpha value is -2.77. The number of carbonyl (C=O) groups is 3. The lowest BCUT2D eigenvalue weighted by atomic mass is 10.2. The van der Waals surface area contributed by atoms with E-state index in [4.69, 9.17) is 5.53 Å². The SMILES string of the molecule is [N-]=[NH+]c1ccc(C(=O)ON2C(=O)CCC2=O)c(O)c1. The van der Waals surface area contributed by atoms with Gasteiger partial charge in [0, 0.05) is 18.9 Å². The van der Waals surface area contributed by atoms with Gasteiger partial charge in [-0.15, -0.1) is 5.06 Å². The molecule has 19 heavy (non-hydrogen) atoms. The molecule has 2 N–H and O–H groups in total. The van der Waals surface area contributed by atoms with Crippen molar-refractivity contribution in [3.8, 4) is 5.75 Å². The molecule has 1 aromatic carbocycles. The first kappa shape index (κ1) is 12.7. The molecule has 1 fully saturated rings. The lowest BCUT2D eigenvalue weighted by molar-refractivity contribution is -0.379. The molecule has 0 unspecified atom stereocenters. The second-order valence-electron chi connectivity index (χ2n) is 3.80. The summed E-state index contributed by atoms with van der Waals surface area (Å²) >= 11 is 0. The van der Waals surface area contributed by atoms with E-state index in [0.717, 1.165) is 6.07 Å². The van der Waals surface area contributed by atoms with Gasteiger partial charge in [0.15, 0.2) is 5.69 Å². The fourth-order valence-electron chi connectivity index (χ4n) is 1.56. The van der Waals surface area contributed by atoms with Crippen molar-refractivity contribution >= 4 is 23.5 Å². The van der Waals surface area contributed by atoms with Gasteiger partial charge in [-0.3, -0.25) is 14.7 Å². The summed E-state index contributed by atoms with van der Waals surface area (Å²) in [7, 11) is 0. The number of rotatable bonds is 3. The number of benzene rings is 1. The maximum absolute atomic E-state index is 11.7. The molecule has 8 heteroatoms. The number of carbonyl (C=O) groups excluding carboxylic acids is 3. The highest BCUT2D eigenvalue weighted by Crippen LogP contribution is 2.22. The Morgan fingerprint density at radius 3 is 2.47 bits per heavy atom. The second kappa shape index (κ2) is 4.84. The Bertz CT molecular complexity index is 568. The van der Waals surface area contributed by atoms with Crippen LogP contribution in [0.5, 0.6) is 5.75 Å². The molecule has 8 nitrogen and oxygen atoms in total. The summed E-state index contributed by atoms with van der Waals surface area (Å²) in [6.45, 7) is 0. The van der Waals surface area contributed by atoms with Crippen LogP contribution >= 0.6 is 0 Å². The zero-order valence-corrected chi connectivity index (χ0v) is 9.62. The molecule has 0 aliphatic carbocycles. The molecule has 1 aliphatic heterocycles. The third kappa shape index (κ3) is 2.41. The summed E-state index contributed by atoms with van der Waals surface area (Å²) < 4.78 is 0. The Balaban J connectivity index is 2.18. The van der Waals surface area contributed by atoms with E-state index < -0.39 is 23.5 Å². The van der Waals surface area contributed by atoms with Crippen molar-refractivity contribution in [3.05, 3.63) is 29.3 Å². The van der Waals surface area contributed by atoms with Crippen molar-refractivity contribution < 1.29 is 29.4 Å². The standard InChI is InChI=1S/C11H9N3O5/c12-13-6-1-2-7(8(15)5-6)11(18)19-14-9(16)3-4-10(14)17/h1-2,5,13,15H,3-4H2. The van der Waals surface area contributed by atoms with E-state index in [0.29, 0.717) is 5.06 Å². The highest BCUT2D eigenvalue weighted by Gasteiger charge is 2.33. The van der Waals surface area contributed by atoms with Crippen LogP contribution in [0.25, 0.3) is 5.53 Å². The lowest BCUT2D eigenvalue weighted by Gasteiger charge is -2.12. The molecule has 98 valence electrons. The van der Waals surface area contributed by atoms with Crippen LogP contribution in [-0.2, 0) is 14.4 Å². The number of imide groups is 1. The smallest absolute Gasteiger partial charge is 0.367 e. The van der Waals surface area contributed by atoms with E-state index >= 15 is 0 Å². The van der Waals surface area contributed by atoms with E-state index in [2.05, 4.69) is 4.84 Å². The van der Waals surface area contributed by atoms with E-state index in [1.54, 1.807) is 5.11 Å². The van der Waals surface area contributed by atoms with Crippen LogP contribution in [0, 0.1) is 0 Å². The van der Waals surface area contributed by atoms with Crippen molar-refractivity contribution in [2.24, 2.45) is 0 Å². The fourth-order valence-corrected chi connectivity index (χ4v) is 1.56. The topological polar surface area (TPSA) is 120 Å². The van der Waals surface area contributed by atoms with Crippen molar-refractivity contribution in [3.63, 3.8) is 0 Å². The van der Waals surface area contributed by atoms with E-state index in [9.17, 15) is 19.5 Å². The first-order chi connectivity index (χ1) is 9.02. The van der Waals surface area contributed by atoms with Crippen LogP contribution in [0.15, 0.2) is 18.2 Å². The van der Waals surface area contributed by atoms with Crippen LogP contribution in [0.2, 0.25) is 0 Å². The maximum atomic E-state index is 11.7. The van der Waals surface area contributed by atoms with Gasteiger partial charge in [0.05, 0.1) is 6.07 Å². The molecule has 0 atom stereocenters. The molecular formula is C11H9N3O5. The number of aromatic hydroxyl groups is 1. The molecular weight excluding hydrogens is 254 g/mol. The van der Waals surface area contributed by atoms with Gasteiger partial charge in [0.25, 0.3) is 11.8 Å². The van der Waals surface area contributed by atoms with Crippen molar-refractivity contribution in [1.29, 1.82) is 0 Å². The average molecular weight is 263 g/mol. The molecule has 2 rings (SSSR count). The predicted molar refractivity (Wildman–Crippen MR) is 58.6 cm³/mol. The number of hydrogen-bond acceptors (Lipinski definition) is 5. The monoisotopic (exact) mass is 263 g/mol. The van der Waals surface area contributed by atoms with Gasteiger partial charge in [-0.1, -0.05) is 0 Å². The lowest BCUT2D eigenvalue weighted by Crippen LogP contribution is -2.54. The van der Waals surface area contributed by atoms with Crippen molar-refractivity contribution in [1.82, 2.24) is 5.06 Å². The van der Waals surface area contributed by atoms with Gasteiger partial charge in [0.2, 0.25) is 0 Å². The number of amides is 2. The Labute approximate surface area is 107 Å². The highest BCUT2D eigenvalue weighted by atomic mass is 16.7. The minimum Gasteiger partial charge on any atom is -0.507 e. The van der Waals surface area contributed by atoms with Crippen LogP contribution < -0.4 is 5.11 Å². The maximum Gasteiger partial charge on any atom is 0.367 e. The summed E-state index contributed by atoms with van der Waals surface area (Å²) in [5.41, 5.74) is 8.55. The minimum atomic E-state index is -1.04. The molecule has 1 saturated heterocycles. The number of nitrogens with zero attached hydrogens (tertiary/aromatic N) is 2. The molecule has 0 saturated carbocycles. The zero-order valence-electron chi connectivity index (χ0n) is 9.62. The van der Waals surface area contributed by atoms with Crippen molar-refractivity contribution in [2.75, 3.05) is 0 Å². The van der Waals surface area contributed by atoms with E-state index in [1.165, 1.54) is 12.1 Å². The normalized spacial score (nSPS) is 14.6. The first-order valence-electron chi connectivity index (χ1n) is 5.34. The number of nitrogens with one attached hydrogen (secondary N) is 1. The summed E-state index contributed by atoms with van der Waals surface area (Å²) in [4.78, 5) is 38.8. The third-order valence-electron chi connectivity index (χ3n) is 2.53. The van der Waals surface area contributed by atoms with Crippen LogP contribution in [0.3, 0.4) is 0 Å². The zero-order chi connectivity index (χ0) is 14.0. The Morgan fingerprint density at radius 2 is 1.95 bits per heavy atom. The van der Waals surface area contributed by atoms with Gasteiger partial charge < -0.3 is 15.5 Å². The van der Waals surface area contributed by atoms with Gasteiger partial charge in [-0.25, -0.2) is 4.79 Å². The number of hydrogen-bond donors (Lipinski definition) is 2. The second-order valence-corrected chi connectivity index (χ2v) is 3.80. The van der Waals surface area contributed by atoms with Gasteiger partial charge in [-0.05, 0) is 6.07 Å². The first-order valence-corrected chi connectivity index (χ1v) is 5.34. The van der Waals surface area contributed by atoms with E-state index in [1.807, 2.05) is 0 Å². The van der Waals surface area contributed by atoms with Gasteiger partial charge in [0.1, 0.15) is 11.3 Å². The van der Waals surface area contributed by atoms with Gasteiger partial charge in [-0.2, -0.15) is 0 Å². The largest absolute Gasteiger partial charge is 0.507 e. The average Bonchev–Trinajstić information content (AvgIpc) is 2.70. The molecule has 0 radical (unpaired) electrons. The van der Waals surface area contributed by atoms with Crippen LogP contribution in [0.4, 0.5) is 5.69 Å². The Kier molecular flexibility index (Phi) is 3.23. The molecule has 0 aromatic heterocycles. The molecule has 2 amide bonds. The number of hydroxylamine groups is 2. The number of phenolic OH excluding ortho intramolecular Hbond substituents is 1.